The zero-order valence-corrected chi connectivity index (χ0v) is 15.7. The lowest BCUT2D eigenvalue weighted by Gasteiger charge is -2.21. The van der Waals surface area contributed by atoms with Crippen LogP contribution in [-0.4, -0.2) is 27.8 Å². The first-order chi connectivity index (χ1) is 12.0. The summed E-state index contributed by atoms with van der Waals surface area (Å²) >= 11 is 1.67. The first-order valence-electron chi connectivity index (χ1n) is 8.49. The van der Waals surface area contributed by atoms with E-state index in [1.54, 1.807) is 11.9 Å². The van der Waals surface area contributed by atoms with Crippen molar-refractivity contribution >= 4 is 35.6 Å². The molecule has 4 nitrogen and oxygen atoms in total. The van der Waals surface area contributed by atoms with Crippen molar-refractivity contribution in [3.05, 3.63) is 54.4 Å². The smallest absolute Gasteiger partial charge is 0.402 e. The van der Waals surface area contributed by atoms with Gasteiger partial charge in [-0.15, -0.1) is 0 Å². The van der Waals surface area contributed by atoms with E-state index in [0.717, 1.165) is 22.2 Å². The van der Waals surface area contributed by atoms with E-state index in [1.807, 2.05) is 30.5 Å². The predicted molar refractivity (Wildman–Crippen MR) is 103 cm³/mol. The summed E-state index contributed by atoms with van der Waals surface area (Å²) in [7, 11) is -0.354. The molecule has 1 saturated heterocycles. The average molecular weight is 352 g/mol. The number of benzene rings is 1. The van der Waals surface area contributed by atoms with Crippen LogP contribution in [0.25, 0.3) is 11.0 Å². The molecule has 3 aromatic rings. The van der Waals surface area contributed by atoms with E-state index in [9.17, 15) is 0 Å². The molecule has 1 aliphatic rings. The molecule has 3 heterocycles. The first-order valence-corrected chi connectivity index (χ1v) is 9.27. The van der Waals surface area contributed by atoms with Crippen LogP contribution in [0.15, 0.2) is 53.6 Å². The number of fused-ring (bicyclic) bond motifs is 1. The van der Waals surface area contributed by atoms with Crippen LogP contribution in [0.3, 0.4) is 0 Å². The van der Waals surface area contributed by atoms with Crippen LogP contribution in [0.5, 0.6) is 0 Å². The number of rotatable bonds is 3. The Balaban J connectivity index is 1.75. The summed E-state index contributed by atoms with van der Waals surface area (Å²) in [5.41, 5.74) is 2.83. The van der Waals surface area contributed by atoms with Gasteiger partial charge in [0.1, 0.15) is 5.65 Å². The molecule has 0 bridgehead atoms. The molecule has 128 valence electrons. The highest BCUT2D eigenvalue weighted by molar-refractivity contribution is 7.98. The van der Waals surface area contributed by atoms with Crippen molar-refractivity contribution in [2.45, 2.75) is 44.3 Å². The van der Waals surface area contributed by atoms with Crippen molar-refractivity contribution in [1.29, 1.82) is 0 Å². The highest BCUT2D eigenvalue weighted by Crippen LogP contribution is 2.30. The van der Waals surface area contributed by atoms with Gasteiger partial charge in [-0.3, -0.25) is 3.97 Å². The van der Waals surface area contributed by atoms with Crippen LogP contribution in [0.1, 0.15) is 26.5 Å². The summed E-state index contributed by atoms with van der Waals surface area (Å²) < 4.78 is 14.4. The van der Waals surface area contributed by atoms with E-state index in [0.29, 0.717) is 0 Å². The predicted octanol–water partition coefficient (Wildman–Crippen LogP) is 3.81. The summed E-state index contributed by atoms with van der Waals surface area (Å²) in [5.74, 6) is 0. The Morgan fingerprint density at radius 2 is 1.96 bits per heavy atom. The number of hydrogen-bond donors (Lipinski definition) is 0. The lowest BCUT2D eigenvalue weighted by molar-refractivity contribution is 0.0842. The standard InChI is InChI=1S/C19H21BN2O2S/c1-13-12-16-17(20-23-14(2)19(3,4)24-20)10-11-21-18(16)22(13)25-15-8-6-5-7-9-15/h5-12,14H,1-4H3. The Hall–Kier alpha value is -1.76. The molecule has 2 aromatic heterocycles. The molecule has 6 heteroatoms. The van der Waals surface area contributed by atoms with E-state index in [-0.39, 0.29) is 18.8 Å². The number of aryl methyl sites for hydroxylation is 1. The van der Waals surface area contributed by atoms with Crippen LogP contribution < -0.4 is 5.46 Å². The number of hydrogen-bond acceptors (Lipinski definition) is 4. The average Bonchev–Trinajstić information content (AvgIpc) is 3.05. The fourth-order valence-electron chi connectivity index (χ4n) is 3.01. The zero-order chi connectivity index (χ0) is 17.6. The van der Waals surface area contributed by atoms with Crippen molar-refractivity contribution in [1.82, 2.24) is 8.96 Å². The maximum atomic E-state index is 6.16. The van der Waals surface area contributed by atoms with Crippen molar-refractivity contribution in [3.63, 3.8) is 0 Å². The Morgan fingerprint density at radius 1 is 1.20 bits per heavy atom. The van der Waals surface area contributed by atoms with Gasteiger partial charge in [0.05, 0.1) is 11.7 Å². The number of nitrogens with zero attached hydrogens (tertiary/aromatic N) is 2. The minimum atomic E-state index is -0.354. The fourth-order valence-corrected chi connectivity index (χ4v) is 3.93. The van der Waals surface area contributed by atoms with Crippen LogP contribution >= 0.6 is 11.9 Å². The molecule has 0 radical (unpaired) electrons. The third-order valence-electron chi connectivity index (χ3n) is 4.78. The topological polar surface area (TPSA) is 36.3 Å². The minimum absolute atomic E-state index is 0.0441. The van der Waals surface area contributed by atoms with Crippen molar-refractivity contribution in [2.24, 2.45) is 0 Å². The number of aromatic nitrogens is 2. The van der Waals surface area contributed by atoms with Crippen LogP contribution in [0, 0.1) is 6.92 Å². The molecule has 25 heavy (non-hydrogen) atoms. The fraction of sp³-hybridized carbons (Fsp3) is 0.316. The van der Waals surface area contributed by atoms with Gasteiger partial charge < -0.3 is 9.31 Å². The first kappa shape index (κ1) is 16.7. The van der Waals surface area contributed by atoms with Crippen molar-refractivity contribution in [2.75, 3.05) is 0 Å². The largest absolute Gasteiger partial charge is 0.495 e. The molecule has 0 N–H and O–H groups in total. The third kappa shape index (κ3) is 2.99. The molecule has 0 aliphatic carbocycles. The highest BCUT2D eigenvalue weighted by Gasteiger charge is 2.44. The summed E-state index contributed by atoms with van der Waals surface area (Å²) in [4.78, 5) is 5.80. The Kier molecular flexibility index (Phi) is 4.14. The second-order valence-electron chi connectivity index (χ2n) is 6.95. The normalized spacial score (nSPS) is 19.7. The van der Waals surface area contributed by atoms with Gasteiger partial charge in [-0.1, -0.05) is 18.2 Å². The van der Waals surface area contributed by atoms with E-state index in [1.165, 1.54) is 4.90 Å². The molecule has 1 atom stereocenters. The quantitative estimate of drug-likeness (QED) is 0.672. The molecule has 1 aromatic carbocycles. The molecular weight excluding hydrogens is 331 g/mol. The molecule has 0 spiro atoms. The second-order valence-corrected chi connectivity index (χ2v) is 7.97. The van der Waals surface area contributed by atoms with Crippen LogP contribution in [-0.2, 0) is 9.31 Å². The summed E-state index contributed by atoms with van der Waals surface area (Å²) in [5, 5.41) is 1.08. The molecule has 4 rings (SSSR count). The van der Waals surface area contributed by atoms with E-state index in [2.05, 4.69) is 54.9 Å². The van der Waals surface area contributed by atoms with Gasteiger partial charge >= 0.3 is 7.12 Å². The maximum absolute atomic E-state index is 6.16. The summed E-state index contributed by atoms with van der Waals surface area (Å²) in [6.45, 7) is 8.29. The SMILES string of the molecule is Cc1cc2c(B3OC(C)C(C)(C)O3)ccnc2n1Sc1ccccc1. The molecule has 0 saturated carbocycles. The van der Waals surface area contributed by atoms with Gasteiger partial charge in [-0.2, -0.15) is 0 Å². The van der Waals surface area contributed by atoms with Gasteiger partial charge in [0.2, 0.25) is 0 Å². The lowest BCUT2D eigenvalue weighted by Crippen LogP contribution is -2.35. The Bertz CT molecular complexity index is 910. The minimum Gasteiger partial charge on any atom is -0.402 e. The van der Waals surface area contributed by atoms with Gasteiger partial charge in [0.15, 0.2) is 0 Å². The Morgan fingerprint density at radius 3 is 2.64 bits per heavy atom. The molecule has 1 unspecified atom stereocenters. The molecule has 1 aliphatic heterocycles. The molecule has 0 amide bonds. The van der Waals surface area contributed by atoms with E-state index < -0.39 is 0 Å². The molecular formula is C19H21BN2O2S. The van der Waals surface area contributed by atoms with E-state index in [4.69, 9.17) is 9.31 Å². The lowest BCUT2D eigenvalue weighted by atomic mass is 9.78. The van der Waals surface area contributed by atoms with Gasteiger partial charge in [0.25, 0.3) is 0 Å². The zero-order valence-electron chi connectivity index (χ0n) is 14.9. The summed E-state index contributed by atoms with van der Waals surface area (Å²) in [6, 6.07) is 14.5. The van der Waals surface area contributed by atoms with E-state index >= 15 is 0 Å². The van der Waals surface area contributed by atoms with Gasteiger partial charge in [-0.25, -0.2) is 4.98 Å². The highest BCUT2D eigenvalue weighted by atomic mass is 32.2. The summed E-state index contributed by atoms with van der Waals surface area (Å²) in [6.07, 6.45) is 1.88. The van der Waals surface area contributed by atoms with Crippen LogP contribution in [0.4, 0.5) is 0 Å². The van der Waals surface area contributed by atoms with Crippen molar-refractivity contribution in [3.8, 4) is 0 Å². The third-order valence-corrected chi connectivity index (χ3v) is 5.91. The maximum Gasteiger partial charge on any atom is 0.495 e. The Labute approximate surface area is 152 Å². The number of pyridine rings is 1. The van der Waals surface area contributed by atoms with Gasteiger partial charge in [-0.05, 0) is 69.4 Å². The molecule has 1 fully saturated rings. The second kappa shape index (κ2) is 6.20. The van der Waals surface area contributed by atoms with Crippen LogP contribution in [0.2, 0.25) is 0 Å². The monoisotopic (exact) mass is 352 g/mol. The van der Waals surface area contributed by atoms with Crippen molar-refractivity contribution < 1.29 is 9.31 Å². The van der Waals surface area contributed by atoms with Gasteiger partial charge in [0, 0.05) is 22.2 Å².